The van der Waals surface area contributed by atoms with Crippen LogP contribution in [0.1, 0.15) is 6.92 Å². The quantitative estimate of drug-likeness (QED) is 0.100. The summed E-state index contributed by atoms with van der Waals surface area (Å²) in [6.45, 7) is 0.972. The Morgan fingerprint density at radius 3 is 0.359 bits per heavy atom. The van der Waals surface area contributed by atoms with Crippen molar-refractivity contribution in [3.63, 3.8) is 0 Å². The van der Waals surface area contributed by atoms with Crippen LogP contribution in [0.2, 0.25) is 0 Å². The van der Waals surface area contributed by atoms with Gasteiger partial charge in [-0.3, -0.25) is 0 Å². The van der Waals surface area contributed by atoms with Crippen molar-refractivity contribution in [2.45, 2.75) is 6.92 Å². The summed E-state index contributed by atoms with van der Waals surface area (Å²) in [4.78, 5) is 124. The summed E-state index contributed by atoms with van der Waals surface area (Å²) < 4.78 is 0. The van der Waals surface area contributed by atoms with Gasteiger partial charge in [0.05, 0.1) is 46.6 Å². The van der Waals surface area contributed by atoms with Crippen LogP contribution in [0.5, 0.6) is 0 Å². The molecule has 0 fully saturated rings. The van der Waals surface area contributed by atoms with E-state index in [9.17, 15) is 0 Å². The molecule has 0 saturated carbocycles. The molecule has 0 saturated heterocycles. The van der Waals surface area contributed by atoms with Gasteiger partial charge >= 0.3 is 19.5 Å². The van der Waals surface area contributed by atoms with Gasteiger partial charge in [-0.15, -0.1) is 0 Å². The van der Waals surface area contributed by atoms with E-state index < -0.39 is 5.97 Å². The van der Waals surface area contributed by atoms with Crippen molar-refractivity contribution < 1.29 is 87.8 Å². The Morgan fingerprint density at radius 2 is 0.260 bits per heavy atom. The van der Waals surface area contributed by atoms with E-state index in [2.05, 4.69) is 0 Å². The second kappa shape index (κ2) is 35.7. The molecule has 16 heterocycles. The summed E-state index contributed by atoms with van der Waals surface area (Å²) >= 11 is 0. The van der Waals surface area contributed by atoms with Crippen LogP contribution in [0.3, 0.4) is 0 Å². The first-order valence-electron chi connectivity index (χ1n) is 39.6. The fourth-order valence-electron chi connectivity index (χ4n) is 16.4. The summed E-state index contributed by atoms with van der Waals surface area (Å²) in [5, 5.41) is 24.0. The Hall–Kier alpha value is -15.3. The van der Waals surface area contributed by atoms with Crippen molar-refractivity contribution in [2.24, 2.45) is 0 Å². The van der Waals surface area contributed by atoms with Gasteiger partial charge in [0.2, 0.25) is 0 Å². The Bertz CT molecular complexity index is 7520. The molecular weight excluding hydrogens is 1840 g/mol. The number of benzene rings is 12. The van der Waals surface area contributed by atoms with Crippen molar-refractivity contribution in [3.8, 4) is 91.1 Å². The molecule has 30 heteroatoms. The zero-order valence-corrected chi connectivity index (χ0v) is 82.5. The van der Waals surface area contributed by atoms with Crippen LogP contribution in [-0.2, 0) is 82.7 Å². The first-order valence-corrected chi connectivity index (χ1v) is 39.6. The van der Waals surface area contributed by atoms with Gasteiger partial charge in [-0.2, -0.15) is 0 Å². The molecule has 4 aliphatic heterocycles. The molecule has 26 nitrogen and oxygen atoms in total. The van der Waals surface area contributed by atoms with Crippen LogP contribution in [0, 0.1) is 22.3 Å². The average molecular weight is 1900 g/mol. The fourth-order valence-corrected chi connectivity index (χ4v) is 16.4. The molecule has 4 aliphatic rings. The van der Waals surface area contributed by atoms with Gasteiger partial charge in [-0.05, 0) is 93.1 Å². The predicted molar refractivity (Wildman–Crippen MR) is 495 cm³/mol. The van der Waals surface area contributed by atoms with Crippen molar-refractivity contribution in [2.75, 3.05) is 0 Å². The molecule has 12 aromatic heterocycles. The zero-order valence-electron chi connectivity index (χ0n) is 70.6. The molecule has 24 aromatic rings. The third-order valence-corrected chi connectivity index (χ3v) is 22.0. The fraction of sp³-hybridized carbons (Fsp3) is 0.00990. The minimum absolute atomic E-state index is 0. The van der Waals surface area contributed by atoms with Crippen molar-refractivity contribution in [3.05, 3.63) is 313 Å². The molecule has 614 valence electrons. The SMILES string of the molecule is CC(=O)[O-].[CH3-].[CH3-].[CH3-].[Zn+2].[Zn].[Zn].[Zn].c1ccc2c(c1)-c1nc-2nc2[n-]c(nc3[n-]c(n1)c1ccccc31)c1ccccc21.c1ccc2c(c1)-c1nc-2nc2[n-]c(nc3[n-]c(n1)c1ccccc31)c1ccccc21.c1ccc2c(c1)-c1nc-2nc2[n-]c(nc3[n-]c(n1)c1ccccc31)c1ccccc21.c1ccc2c(c1)-c1nc-2nc2[n-]c(nc3[n-]c(n1)c1ccccc31)c1ccccc21. The number of carbonyl (C=O) groups excluding carboxylic acids is 1. The summed E-state index contributed by atoms with van der Waals surface area (Å²) in [5.74, 6) is 3.77. The van der Waals surface area contributed by atoms with E-state index in [0.717, 1.165) is 138 Å². The smallest absolute Gasteiger partial charge is 0.550 e. The molecule has 0 N–H and O–H groups in total. The maximum Gasteiger partial charge on any atom is 2.00 e. The molecule has 28 rings (SSSR count). The molecule has 0 amide bonds. The van der Waals surface area contributed by atoms with Crippen LogP contribution in [0.4, 0.5) is 0 Å². The maximum absolute atomic E-state index is 8.89. The van der Waals surface area contributed by atoms with Crippen LogP contribution < -0.4 is 45.0 Å². The van der Waals surface area contributed by atoms with E-state index in [1.54, 1.807) is 0 Å². The average Bonchev–Trinajstić information content (AvgIpc) is 1.61. The van der Waals surface area contributed by atoms with E-state index in [1.807, 2.05) is 291 Å². The first kappa shape index (κ1) is 87.7. The summed E-state index contributed by atoms with van der Waals surface area (Å²) in [5.41, 5.74) is 17.3. The number of aliphatic carboxylic acids is 1. The van der Waals surface area contributed by atoms with E-state index >= 15 is 0 Å². The van der Waals surface area contributed by atoms with Gasteiger partial charge in [-0.1, -0.05) is 291 Å². The third-order valence-electron chi connectivity index (χ3n) is 22.0. The van der Waals surface area contributed by atoms with Crippen LogP contribution in [-0.4, -0.2) is 85.7 Å². The van der Waals surface area contributed by atoms with Crippen molar-refractivity contribution in [1.29, 1.82) is 0 Å². The molecule has 0 unspecified atom stereocenters. The molecule has 0 spiro atoms. The van der Waals surface area contributed by atoms with E-state index in [0.29, 0.717) is 137 Å². The van der Waals surface area contributed by atoms with Crippen LogP contribution >= 0.6 is 0 Å². The number of carbonyl (C=O) groups is 1. The minimum Gasteiger partial charge on any atom is -0.550 e. The zero-order chi connectivity index (χ0) is 82.2. The Labute approximate surface area is 794 Å². The number of aromatic nitrogens is 24. The van der Waals surface area contributed by atoms with Gasteiger partial charge in [0, 0.05) is 199 Å². The Kier molecular flexibility index (Phi) is 23.9. The molecule has 0 atom stereocenters. The van der Waals surface area contributed by atoms with Gasteiger partial charge in [-0.25, -0.2) is 19.9 Å². The molecule has 0 aliphatic carbocycles. The first-order chi connectivity index (χ1) is 61.1. The number of hydrogen-bond donors (Lipinski definition) is 0. The van der Waals surface area contributed by atoms with Gasteiger partial charge < -0.3 is 132 Å². The monoisotopic (exact) mass is 1900 g/mol. The normalized spacial score (nSPS) is 11.2. The number of carboxylic acid groups (broad SMARTS) is 1. The molecule has 12 aromatic carbocycles. The third kappa shape index (κ3) is 15.3. The number of fused-ring (bicyclic) bond motifs is 60. The molecule has 0 radical (unpaired) electrons. The van der Waals surface area contributed by atoms with Gasteiger partial charge in [0.25, 0.3) is 0 Å². The summed E-state index contributed by atoms with van der Waals surface area (Å²) in [6.07, 6.45) is 0. The van der Waals surface area contributed by atoms with Crippen molar-refractivity contribution >= 4 is 183 Å². The standard InChI is InChI=1S/4C24H12N6.C2H4O2.3CH3.4Zn/c4*1-2-8-14-13(7-1)19-25-20(14)29-22-17-11-5-6-12-18(17)24(27-22)30-23-16-10-4-3-9-15(16)21(26-23)28-19;1-2(3)4;;;;;;;/h4*1-12H;1H3,(H,3,4);3*1H3;;;;/q4*-2;;3*-1;;;;+2/p-1. The van der Waals surface area contributed by atoms with E-state index in [-0.39, 0.29) is 100 Å². The second-order valence-corrected chi connectivity index (χ2v) is 29.5. The van der Waals surface area contributed by atoms with Crippen LogP contribution in [0.15, 0.2) is 291 Å². The largest absolute Gasteiger partial charge is 2.00 e. The predicted octanol–water partition coefficient (Wildman–Crippen LogP) is 18.4. The van der Waals surface area contributed by atoms with Gasteiger partial charge in [0.15, 0.2) is 0 Å². The van der Waals surface area contributed by atoms with Crippen molar-refractivity contribution in [1.82, 2.24) is 120 Å². The summed E-state index contributed by atoms with van der Waals surface area (Å²) in [7, 11) is 0. The molecule has 131 heavy (non-hydrogen) atoms. The molecular formula is C101H60N24O2Zn4-10. The van der Waals surface area contributed by atoms with E-state index in [1.165, 1.54) is 0 Å². The Morgan fingerprint density at radius 1 is 0.176 bits per heavy atom. The second-order valence-electron chi connectivity index (χ2n) is 29.5. The Balaban J connectivity index is 0.000000118. The van der Waals surface area contributed by atoms with Gasteiger partial charge in [0.1, 0.15) is 0 Å². The summed E-state index contributed by atoms with van der Waals surface area (Å²) in [6, 6.07) is 95.9. The molecule has 24 bridgehead atoms. The number of hydrogen-bond acceptors (Lipinski definition) is 18. The topological polar surface area (TPSA) is 359 Å². The minimum atomic E-state index is -1.08. The number of nitrogens with zero attached hydrogens (tertiary/aromatic N) is 24. The number of carboxylic acids is 1. The van der Waals surface area contributed by atoms with Crippen LogP contribution in [0.25, 0.3) is 268 Å². The number of rotatable bonds is 0. The van der Waals surface area contributed by atoms with E-state index in [4.69, 9.17) is 130 Å². The maximum atomic E-state index is 8.89.